The summed E-state index contributed by atoms with van der Waals surface area (Å²) < 4.78 is 55.6. The van der Waals surface area contributed by atoms with E-state index in [1.807, 2.05) is 12.1 Å². The van der Waals surface area contributed by atoms with E-state index in [2.05, 4.69) is 4.99 Å². The van der Waals surface area contributed by atoms with E-state index in [0.717, 1.165) is 17.7 Å². The fourth-order valence-electron chi connectivity index (χ4n) is 5.18. The number of ketones is 1. The molecule has 1 heterocycles. The topological polar surface area (TPSA) is 74.2 Å². The molecule has 4 rings (SSSR count). The molecule has 0 bridgehead atoms. The van der Waals surface area contributed by atoms with E-state index in [1.165, 1.54) is 19.2 Å². The second-order valence-corrected chi connectivity index (χ2v) is 9.08. The molecule has 2 aromatic carbocycles. The van der Waals surface area contributed by atoms with Crippen LogP contribution in [0.1, 0.15) is 55.2 Å². The summed E-state index contributed by atoms with van der Waals surface area (Å²) in [6.45, 7) is 3.49. The molecule has 9 heteroatoms. The van der Waals surface area contributed by atoms with Crippen LogP contribution < -0.4 is 9.47 Å². The van der Waals surface area contributed by atoms with Gasteiger partial charge in [-0.1, -0.05) is 18.2 Å². The first-order chi connectivity index (χ1) is 17.6. The zero-order valence-electron chi connectivity index (χ0n) is 21.0. The quantitative estimate of drug-likeness (QED) is 0.451. The molecule has 37 heavy (non-hydrogen) atoms. The molecule has 0 amide bonds. The number of benzene rings is 2. The van der Waals surface area contributed by atoms with E-state index in [9.17, 15) is 22.8 Å². The minimum absolute atomic E-state index is 0.129. The molecule has 0 fully saturated rings. The van der Waals surface area contributed by atoms with Gasteiger partial charge in [0.15, 0.2) is 17.3 Å². The fraction of sp³-hybridized carbons (Fsp3) is 0.393. The van der Waals surface area contributed by atoms with Crippen LogP contribution in [0.4, 0.5) is 13.2 Å². The summed E-state index contributed by atoms with van der Waals surface area (Å²) in [6, 6.07) is 10.1. The van der Waals surface area contributed by atoms with Crippen molar-refractivity contribution < 1.29 is 37.0 Å². The molecule has 0 spiro atoms. The number of hydrogen-bond acceptors (Lipinski definition) is 6. The Kier molecular flexibility index (Phi) is 7.43. The number of nitrogens with zero attached hydrogens (tertiary/aromatic N) is 1. The Morgan fingerprint density at radius 2 is 1.65 bits per heavy atom. The summed E-state index contributed by atoms with van der Waals surface area (Å²) in [7, 11) is 3.08. The number of rotatable bonds is 6. The summed E-state index contributed by atoms with van der Waals surface area (Å²) in [5.74, 6) is -1.52. The minimum Gasteiger partial charge on any atom is -0.493 e. The van der Waals surface area contributed by atoms with Crippen molar-refractivity contribution in [2.45, 2.75) is 44.7 Å². The lowest BCUT2D eigenvalue weighted by molar-refractivity contribution is -0.146. The normalized spacial score (nSPS) is 21.8. The summed E-state index contributed by atoms with van der Waals surface area (Å²) in [5.41, 5.74) is 1.87. The van der Waals surface area contributed by atoms with Crippen molar-refractivity contribution in [1.29, 1.82) is 0 Å². The van der Waals surface area contributed by atoms with Gasteiger partial charge in [-0.25, -0.2) is 0 Å². The number of allylic oxidation sites excluding steroid dienone is 2. The van der Waals surface area contributed by atoms with Crippen molar-refractivity contribution in [2.75, 3.05) is 20.8 Å². The monoisotopic (exact) mass is 515 g/mol. The van der Waals surface area contributed by atoms with Crippen LogP contribution in [0.15, 0.2) is 58.7 Å². The third kappa shape index (κ3) is 5.12. The number of methoxy groups -OCH3 is 2. The first-order valence-electron chi connectivity index (χ1n) is 12.0. The summed E-state index contributed by atoms with van der Waals surface area (Å²) >= 11 is 0. The summed E-state index contributed by atoms with van der Waals surface area (Å²) in [4.78, 5) is 31.3. The van der Waals surface area contributed by atoms with Crippen molar-refractivity contribution in [3.05, 3.63) is 70.4 Å². The number of Topliss-reactive ketones (excluding diaryl/α,β-unsaturated/α-hetero) is 1. The summed E-state index contributed by atoms with van der Waals surface area (Å²) in [6.07, 6.45) is -3.91. The third-order valence-electron chi connectivity index (χ3n) is 6.91. The molecule has 0 radical (unpaired) electrons. The molecule has 2 aliphatic rings. The standard InChI is InChI=1S/C28H28F3NO5/c1-5-37-27(34)24-15(2)32-20-12-18(17-8-11-22(35-3)23(14-17)36-4)13-21(33)26(20)25(24)16-6-9-19(10-7-16)28(29,30)31/h6-11,14,18,24-25H,5,12-13H2,1-4H3/t18-,24?,25-/m1/s1. The SMILES string of the molecule is CCOC(=O)C1C(C)=NC2=C(C(=O)C[C@H](c3ccc(OC)c(OC)c3)C2)[C@@H]1c1ccc(C(F)(F)F)cc1. The molecule has 6 nitrogen and oxygen atoms in total. The zero-order chi connectivity index (χ0) is 26.9. The number of alkyl halides is 3. The van der Waals surface area contributed by atoms with Crippen LogP contribution in [0, 0.1) is 5.92 Å². The highest BCUT2D eigenvalue weighted by Crippen LogP contribution is 2.48. The predicted octanol–water partition coefficient (Wildman–Crippen LogP) is 5.86. The van der Waals surface area contributed by atoms with Crippen molar-refractivity contribution in [1.82, 2.24) is 0 Å². The molecule has 0 saturated heterocycles. The molecule has 1 unspecified atom stereocenters. The fourth-order valence-corrected chi connectivity index (χ4v) is 5.18. The molecule has 0 aromatic heterocycles. The van der Waals surface area contributed by atoms with Crippen molar-refractivity contribution >= 4 is 17.5 Å². The average molecular weight is 516 g/mol. The number of ether oxygens (including phenoxy) is 3. The smallest absolute Gasteiger partial charge is 0.416 e. The second kappa shape index (κ2) is 10.4. The van der Waals surface area contributed by atoms with Crippen molar-refractivity contribution in [3.8, 4) is 11.5 Å². The van der Waals surface area contributed by atoms with Crippen molar-refractivity contribution in [3.63, 3.8) is 0 Å². The van der Waals surface area contributed by atoms with Gasteiger partial charge in [0.1, 0.15) is 5.92 Å². The summed E-state index contributed by atoms with van der Waals surface area (Å²) in [5, 5.41) is 0. The van der Waals surface area contributed by atoms with Crippen LogP contribution in [0.2, 0.25) is 0 Å². The molecule has 1 aliphatic heterocycles. The maximum absolute atomic E-state index is 13.6. The molecule has 0 N–H and O–H groups in total. The van der Waals surface area contributed by atoms with Crippen molar-refractivity contribution in [2.24, 2.45) is 10.9 Å². The Morgan fingerprint density at radius 3 is 2.24 bits per heavy atom. The molecular weight excluding hydrogens is 487 g/mol. The Morgan fingerprint density at radius 1 is 1.00 bits per heavy atom. The lowest BCUT2D eigenvalue weighted by atomic mass is 9.69. The first-order valence-corrected chi connectivity index (χ1v) is 12.0. The number of hydrogen-bond donors (Lipinski definition) is 0. The number of esters is 1. The Hall–Kier alpha value is -3.62. The third-order valence-corrected chi connectivity index (χ3v) is 6.91. The number of aliphatic imine (C=N–C) groups is 1. The second-order valence-electron chi connectivity index (χ2n) is 9.08. The maximum atomic E-state index is 13.6. The minimum atomic E-state index is -4.50. The number of carbonyl (C=O) groups excluding carboxylic acids is 2. The molecule has 1 aliphatic carbocycles. The van der Waals surface area contributed by atoms with Gasteiger partial charge in [-0.2, -0.15) is 13.2 Å². The van der Waals surface area contributed by atoms with Gasteiger partial charge in [-0.15, -0.1) is 0 Å². The highest BCUT2D eigenvalue weighted by Gasteiger charge is 2.45. The highest BCUT2D eigenvalue weighted by atomic mass is 19.4. The van der Waals surface area contributed by atoms with Crippen LogP contribution in [0.3, 0.4) is 0 Å². The van der Waals surface area contributed by atoms with Gasteiger partial charge in [0.2, 0.25) is 0 Å². The molecular formula is C28H28F3NO5. The predicted molar refractivity (Wildman–Crippen MR) is 131 cm³/mol. The van der Waals surface area contributed by atoms with E-state index in [4.69, 9.17) is 14.2 Å². The lowest BCUT2D eigenvalue weighted by Gasteiger charge is -2.36. The van der Waals surface area contributed by atoms with Gasteiger partial charge in [0.25, 0.3) is 0 Å². The maximum Gasteiger partial charge on any atom is 0.416 e. The van der Waals surface area contributed by atoms with Gasteiger partial charge < -0.3 is 14.2 Å². The molecule has 3 atom stereocenters. The number of halogens is 3. The Bertz CT molecular complexity index is 1260. The number of carbonyl (C=O) groups is 2. The van der Waals surface area contributed by atoms with E-state index >= 15 is 0 Å². The van der Waals surface area contributed by atoms with Crippen LogP contribution >= 0.6 is 0 Å². The van der Waals surface area contributed by atoms with Crippen LogP contribution in [-0.4, -0.2) is 38.3 Å². The van der Waals surface area contributed by atoms with Gasteiger partial charge in [-0.05, 0) is 61.6 Å². The van der Waals surface area contributed by atoms with Gasteiger partial charge in [0, 0.05) is 29.3 Å². The average Bonchev–Trinajstić information content (AvgIpc) is 2.86. The van der Waals surface area contributed by atoms with Gasteiger partial charge in [0.05, 0.1) is 26.4 Å². The van der Waals surface area contributed by atoms with E-state index < -0.39 is 29.5 Å². The van der Waals surface area contributed by atoms with E-state index in [-0.39, 0.29) is 24.7 Å². The molecule has 0 saturated carbocycles. The van der Waals surface area contributed by atoms with E-state index in [1.54, 1.807) is 27.0 Å². The largest absolute Gasteiger partial charge is 0.493 e. The first kappa shape index (κ1) is 26.4. The van der Waals surface area contributed by atoms with Crippen LogP contribution in [-0.2, 0) is 20.5 Å². The Balaban J connectivity index is 1.78. The lowest BCUT2D eigenvalue weighted by Crippen LogP contribution is -2.38. The van der Waals surface area contributed by atoms with E-state index in [0.29, 0.717) is 40.5 Å². The Labute approximate surface area is 213 Å². The van der Waals surface area contributed by atoms with Gasteiger partial charge >= 0.3 is 12.1 Å². The molecule has 2 aromatic rings. The highest BCUT2D eigenvalue weighted by molar-refractivity contribution is 6.09. The van der Waals surface area contributed by atoms with Crippen LogP contribution in [0.5, 0.6) is 11.5 Å². The van der Waals surface area contributed by atoms with Gasteiger partial charge in [-0.3, -0.25) is 14.6 Å². The van der Waals surface area contributed by atoms with Crippen LogP contribution in [0.25, 0.3) is 0 Å². The molecule has 196 valence electrons. The zero-order valence-corrected chi connectivity index (χ0v) is 21.0.